The van der Waals surface area contributed by atoms with E-state index in [1.807, 2.05) is 80.1 Å². The van der Waals surface area contributed by atoms with E-state index in [0.717, 1.165) is 53.8 Å². The molecule has 1 aliphatic rings. The molecule has 0 bridgehead atoms. The number of amides is 2. The van der Waals surface area contributed by atoms with Crippen molar-refractivity contribution in [2.24, 2.45) is 5.92 Å². The standard InChI is InChI=1S/C28H34N4O2/c1-4-31(28(34)23-16-9-6-10-17-23)19-25(33)29-27-26(22-14-7-5-8-15-22)21(3)30-32(27)24-18-12-11-13-20(24)2/h5,7-8,11-15,18,23H,4,6,9-10,16-17,19H2,1-3H3,(H,29,33). The highest BCUT2D eigenvalue weighted by molar-refractivity contribution is 5.98. The largest absolute Gasteiger partial charge is 0.333 e. The number of likely N-dealkylation sites (N-methyl/N-ethyl adjacent to an activating group) is 1. The quantitative estimate of drug-likeness (QED) is 0.507. The zero-order chi connectivity index (χ0) is 24.1. The van der Waals surface area contributed by atoms with E-state index in [4.69, 9.17) is 5.10 Å². The lowest BCUT2D eigenvalue weighted by molar-refractivity contribution is -0.139. The number of para-hydroxylation sites is 1. The molecule has 6 nitrogen and oxygen atoms in total. The summed E-state index contributed by atoms with van der Waals surface area (Å²) < 4.78 is 1.81. The van der Waals surface area contributed by atoms with Gasteiger partial charge in [-0.15, -0.1) is 0 Å². The molecule has 0 saturated heterocycles. The first-order chi connectivity index (χ1) is 16.5. The fourth-order valence-electron chi connectivity index (χ4n) is 4.87. The monoisotopic (exact) mass is 458 g/mol. The van der Waals surface area contributed by atoms with Crippen molar-refractivity contribution in [3.63, 3.8) is 0 Å². The maximum Gasteiger partial charge on any atom is 0.245 e. The fraction of sp³-hybridized carbons (Fsp3) is 0.393. The van der Waals surface area contributed by atoms with E-state index in [9.17, 15) is 9.59 Å². The molecule has 178 valence electrons. The van der Waals surface area contributed by atoms with Crippen LogP contribution in [0.5, 0.6) is 0 Å². The number of benzene rings is 2. The third kappa shape index (κ3) is 5.06. The first-order valence-electron chi connectivity index (χ1n) is 12.3. The second-order valence-corrected chi connectivity index (χ2v) is 9.11. The molecule has 0 radical (unpaired) electrons. The van der Waals surface area contributed by atoms with Crippen molar-refractivity contribution in [1.82, 2.24) is 14.7 Å². The van der Waals surface area contributed by atoms with E-state index in [2.05, 4.69) is 5.32 Å². The van der Waals surface area contributed by atoms with Crippen LogP contribution in [0.1, 0.15) is 50.3 Å². The second kappa shape index (κ2) is 10.7. The van der Waals surface area contributed by atoms with Gasteiger partial charge in [-0.05, 0) is 50.8 Å². The Labute approximate surface area is 202 Å². The number of anilines is 1. The predicted molar refractivity (Wildman–Crippen MR) is 136 cm³/mol. The molecule has 0 aliphatic heterocycles. The minimum absolute atomic E-state index is 0.0397. The van der Waals surface area contributed by atoms with Gasteiger partial charge in [0.25, 0.3) is 0 Å². The molecule has 6 heteroatoms. The molecular weight excluding hydrogens is 424 g/mol. The van der Waals surface area contributed by atoms with Gasteiger partial charge in [0.2, 0.25) is 11.8 Å². The van der Waals surface area contributed by atoms with Gasteiger partial charge in [0, 0.05) is 18.0 Å². The summed E-state index contributed by atoms with van der Waals surface area (Å²) in [7, 11) is 0. The van der Waals surface area contributed by atoms with Gasteiger partial charge in [0.1, 0.15) is 5.82 Å². The van der Waals surface area contributed by atoms with Gasteiger partial charge in [0.15, 0.2) is 0 Å². The van der Waals surface area contributed by atoms with Crippen LogP contribution in [0.2, 0.25) is 0 Å². The number of nitrogens with one attached hydrogen (secondary N) is 1. The Hall–Kier alpha value is -3.41. The van der Waals surface area contributed by atoms with E-state index in [0.29, 0.717) is 12.4 Å². The topological polar surface area (TPSA) is 67.2 Å². The smallest absolute Gasteiger partial charge is 0.245 e. The molecule has 2 aromatic carbocycles. The van der Waals surface area contributed by atoms with Gasteiger partial charge in [-0.3, -0.25) is 9.59 Å². The molecule has 0 unspecified atom stereocenters. The number of nitrogens with zero attached hydrogens (tertiary/aromatic N) is 3. The molecule has 1 saturated carbocycles. The number of rotatable bonds is 7. The normalized spacial score (nSPS) is 14.1. The van der Waals surface area contributed by atoms with E-state index in [1.54, 1.807) is 4.90 Å². The molecule has 1 aromatic heterocycles. The van der Waals surface area contributed by atoms with Gasteiger partial charge in [-0.25, -0.2) is 4.68 Å². The molecule has 0 spiro atoms. The van der Waals surface area contributed by atoms with Crippen molar-refractivity contribution in [3.8, 4) is 16.8 Å². The molecule has 1 heterocycles. The number of aromatic nitrogens is 2. The molecule has 0 atom stereocenters. The molecular formula is C28H34N4O2. The lowest BCUT2D eigenvalue weighted by Gasteiger charge is -2.28. The Balaban J connectivity index is 1.65. The summed E-state index contributed by atoms with van der Waals surface area (Å²) in [6, 6.07) is 18.0. The van der Waals surface area contributed by atoms with Gasteiger partial charge in [-0.1, -0.05) is 67.8 Å². The van der Waals surface area contributed by atoms with Gasteiger partial charge >= 0.3 is 0 Å². The molecule has 1 aliphatic carbocycles. The first-order valence-corrected chi connectivity index (χ1v) is 12.3. The van der Waals surface area contributed by atoms with E-state index < -0.39 is 0 Å². The Morgan fingerprint density at radius 1 is 1.00 bits per heavy atom. The first kappa shape index (κ1) is 23.7. The van der Waals surface area contributed by atoms with Crippen LogP contribution in [0.25, 0.3) is 16.8 Å². The number of aryl methyl sites for hydroxylation is 2. The lowest BCUT2D eigenvalue weighted by Crippen LogP contribution is -2.41. The van der Waals surface area contributed by atoms with Crippen molar-refractivity contribution in [2.45, 2.75) is 52.9 Å². The van der Waals surface area contributed by atoms with Crippen molar-refractivity contribution >= 4 is 17.6 Å². The minimum Gasteiger partial charge on any atom is -0.333 e. The summed E-state index contributed by atoms with van der Waals surface area (Å²) >= 11 is 0. The fourth-order valence-corrected chi connectivity index (χ4v) is 4.87. The van der Waals surface area contributed by atoms with Crippen LogP contribution in [-0.4, -0.2) is 39.6 Å². The van der Waals surface area contributed by atoms with Crippen LogP contribution < -0.4 is 5.32 Å². The van der Waals surface area contributed by atoms with Crippen LogP contribution in [-0.2, 0) is 9.59 Å². The number of hydrogen-bond donors (Lipinski definition) is 1. The summed E-state index contributed by atoms with van der Waals surface area (Å²) in [6.07, 6.45) is 5.23. The number of carbonyl (C=O) groups excluding carboxylic acids is 2. The number of hydrogen-bond acceptors (Lipinski definition) is 3. The van der Waals surface area contributed by atoms with Crippen LogP contribution >= 0.6 is 0 Å². The van der Waals surface area contributed by atoms with Crippen molar-refractivity contribution in [2.75, 3.05) is 18.4 Å². The highest BCUT2D eigenvalue weighted by Crippen LogP contribution is 2.34. The van der Waals surface area contributed by atoms with Crippen molar-refractivity contribution in [3.05, 3.63) is 65.9 Å². The highest BCUT2D eigenvalue weighted by Gasteiger charge is 2.27. The predicted octanol–water partition coefficient (Wildman–Crippen LogP) is 5.52. The van der Waals surface area contributed by atoms with Crippen molar-refractivity contribution < 1.29 is 9.59 Å². The zero-order valence-electron chi connectivity index (χ0n) is 20.4. The Bertz CT molecular complexity index is 1150. The Kier molecular flexibility index (Phi) is 7.46. The number of carbonyl (C=O) groups is 2. The van der Waals surface area contributed by atoms with Crippen LogP contribution in [0.4, 0.5) is 5.82 Å². The summed E-state index contributed by atoms with van der Waals surface area (Å²) in [5, 5.41) is 7.91. The van der Waals surface area contributed by atoms with E-state index >= 15 is 0 Å². The van der Waals surface area contributed by atoms with E-state index in [1.165, 1.54) is 6.42 Å². The maximum atomic E-state index is 13.3. The third-order valence-corrected chi connectivity index (χ3v) is 6.71. The average molecular weight is 459 g/mol. The third-order valence-electron chi connectivity index (χ3n) is 6.71. The zero-order valence-corrected chi connectivity index (χ0v) is 20.4. The molecule has 2 amide bonds. The SMILES string of the molecule is CCN(CC(=O)Nc1c(-c2ccccc2)c(C)nn1-c1ccccc1C)C(=O)C1CCCCC1. The van der Waals surface area contributed by atoms with Crippen LogP contribution in [0, 0.1) is 19.8 Å². The molecule has 1 N–H and O–H groups in total. The summed E-state index contributed by atoms with van der Waals surface area (Å²) in [5.74, 6) is 0.562. The minimum atomic E-state index is -0.210. The van der Waals surface area contributed by atoms with Crippen LogP contribution in [0.15, 0.2) is 54.6 Å². The van der Waals surface area contributed by atoms with E-state index in [-0.39, 0.29) is 24.3 Å². The molecule has 4 rings (SSSR count). The van der Waals surface area contributed by atoms with Crippen molar-refractivity contribution in [1.29, 1.82) is 0 Å². The van der Waals surface area contributed by atoms with Gasteiger partial charge in [0.05, 0.1) is 17.9 Å². The van der Waals surface area contributed by atoms with Gasteiger partial charge < -0.3 is 10.2 Å². The summed E-state index contributed by atoms with van der Waals surface area (Å²) in [6.45, 7) is 6.48. The Morgan fingerprint density at radius 3 is 2.35 bits per heavy atom. The summed E-state index contributed by atoms with van der Waals surface area (Å²) in [4.78, 5) is 28.0. The average Bonchev–Trinajstić information content (AvgIpc) is 3.18. The Morgan fingerprint density at radius 2 is 1.68 bits per heavy atom. The lowest BCUT2D eigenvalue weighted by atomic mass is 9.88. The highest BCUT2D eigenvalue weighted by atomic mass is 16.2. The second-order valence-electron chi connectivity index (χ2n) is 9.11. The summed E-state index contributed by atoms with van der Waals surface area (Å²) in [5.41, 5.74) is 4.67. The molecule has 34 heavy (non-hydrogen) atoms. The van der Waals surface area contributed by atoms with Crippen LogP contribution in [0.3, 0.4) is 0 Å². The maximum absolute atomic E-state index is 13.3. The van der Waals surface area contributed by atoms with Gasteiger partial charge in [-0.2, -0.15) is 5.10 Å². The molecule has 1 fully saturated rings. The molecule has 3 aromatic rings.